The fraction of sp³-hybridized carbons (Fsp3) is 0.333. The summed E-state index contributed by atoms with van der Waals surface area (Å²) in [6, 6.07) is 14.8. The van der Waals surface area contributed by atoms with Gasteiger partial charge in [0.1, 0.15) is 5.82 Å². The van der Waals surface area contributed by atoms with Gasteiger partial charge in [0.2, 0.25) is 0 Å². The van der Waals surface area contributed by atoms with Crippen molar-refractivity contribution in [3.63, 3.8) is 0 Å². The number of nitrogens with zero attached hydrogens (tertiary/aromatic N) is 1. The SMILES string of the molecule is Cc1ccc(N(C)CC(C)C(N)c2ccccc2F)cc1. The first-order valence-electron chi connectivity index (χ1n) is 7.27. The molecule has 0 saturated carbocycles. The third-order valence-electron chi connectivity index (χ3n) is 3.91. The molecule has 2 aromatic carbocycles. The number of anilines is 1. The van der Waals surface area contributed by atoms with E-state index in [1.807, 2.05) is 13.1 Å². The average Bonchev–Trinajstić information content (AvgIpc) is 2.47. The zero-order chi connectivity index (χ0) is 15.4. The molecule has 2 aromatic rings. The zero-order valence-electron chi connectivity index (χ0n) is 12.9. The van der Waals surface area contributed by atoms with Crippen LogP contribution in [0.4, 0.5) is 10.1 Å². The summed E-state index contributed by atoms with van der Waals surface area (Å²) in [5, 5.41) is 0. The zero-order valence-corrected chi connectivity index (χ0v) is 12.9. The average molecular weight is 286 g/mol. The highest BCUT2D eigenvalue weighted by atomic mass is 19.1. The maximum atomic E-state index is 13.8. The summed E-state index contributed by atoms with van der Waals surface area (Å²) in [6.07, 6.45) is 0. The van der Waals surface area contributed by atoms with E-state index in [1.54, 1.807) is 12.1 Å². The van der Waals surface area contributed by atoms with Gasteiger partial charge in [-0.1, -0.05) is 42.8 Å². The minimum absolute atomic E-state index is 0.146. The molecule has 0 aliphatic rings. The number of hydrogen-bond acceptors (Lipinski definition) is 2. The Morgan fingerprint density at radius 1 is 1.10 bits per heavy atom. The van der Waals surface area contributed by atoms with Crippen molar-refractivity contribution in [1.82, 2.24) is 0 Å². The summed E-state index contributed by atoms with van der Waals surface area (Å²) in [5.74, 6) is -0.0805. The molecule has 0 saturated heterocycles. The van der Waals surface area contributed by atoms with Crippen LogP contribution in [0.1, 0.15) is 24.1 Å². The van der Waals surface area contributed by atoms with Gasteiger partial charge in [0.25, 0.3) is 0 Å². The van der Waals surface area contributed by atoms with Crippen LogP contribution < -0.4 is 10.6 Å². The lowest BCUT2D eigenvalue weighted by molar-refractivity contribution is 0.453. The quantitative estimate of drug-likeness (QED) is 0.903. The van der Waals surface area contributed by atoms with E-state index in [4.69, 9.17) is 5.73 Å². The van der Waals surface area contributed by atoms with Gasteiger partial charge in [-0.2, -0.15) is 0 Å². The van der Waals surface area contributed by atoms with Gasteiger partial charge in [0, 0.05) is 30.9 Å². The summed E-state index contributed by atoms with van der Waals surface area (Å²) in [5.41, 5.74) is 9.19. The summed E-state index contributed by atoms with van der Waals surface area (Å²) >= 11 is 0. The molecule has 0 aromatic heterocycles. The first-order chi connectivity index (χ1) is 9.99. The third kappa shape index (κ3) is 3.82. The molecule has 2 atom stereocenters. The van der Waals surface area contributed by atoms with Crippen LogP contribution in [-0.2, 0) is 0 Å². The summed E-state index contributed by atoms with van der Waals surface area (Å²) in [6.45, 7) is 4.90. The second-order valence-corrected chi connectivity index (χ2v) is 5.74. The van der Waals surface area contributed by atoms with Gasteiger partial charge in [-0.25, -0.2) is 4.39 Å². The van der Waals surface area contributed by atoms with E-state index >= 15 is 0 Å². The smallest absolute Gasteiger partial charge is 0.127 e. The Labute approximate surface area is 126 Å². The van der Waals surface area contributed by atoms with Crippen LogP contribution in [-0.4, -0.2) is 13.6 Å². The lowest BCUT2D eigenvalue weighted by atomic mass is 9.94. The predicted octanol–water partition coefficient (Wildman–Crippen LogP) is 3.91. The number of aryl methyl sites for hydroxylation is 1. The number of hydrogen-bond donors (Lipinski definition) is 1. The van der Waals surface area contributed by atoms with Gasteiger partial charge in [-0.05, 0) is 31.0 Å². The molecule has 0 aliphatic carbocycles. The fourth-order valence-electron chi connectivity index (χ4n) is 2.50. The second-order valence-electron chi connectivity index (χ2n) is 5.74. The molecule has 0 aliphatic heterocycles. The molecule has 2 unspecified atom stereocenters. The molecule has 2 rings (SSSR count). The first kappa shape index (κ1) is 15.5. The highest BCUT2D eigenvalue weighted by Gasteiger charge is 2.19. The Hall–Kier alpha value is -1.87. The van der Waals surface area contributed by atoms with E-state index in [0.717, 1.165) is 12.2 Å². The van der Waals surface area contributed by atoms with Crippen LogP contribution in [0.15, 0.2) is 48.5 Å². The normalized spacial score (nSPS) is 13.8. The summed E-state index contributed by atoms with van der Waals surface area (Å²) in [4.78, 5) is 2.16. The molecule has 0 radical (unpaired) electrons. The van der Waals surface area contributed by atoms with Gasteiger partial charge in [0.15, 0.2) is 0 Å². The lowest BCUT2D eigenvalue weighted by Gasteiger charge is -2.27. The maximum Gasteiger partial charge on any atom is 0.127 e. The Balaban J connectivity index is 2.05. The van der Waals surface area contributed by atoms with Crippen molar-refractivity contribution in [2.75, 3.05) is 18.5 Å². The third-order valence-corrected chi connectivity index (χ3v) is 3.91. The van der Waals surface area contributed by atoms with Crippen molar-refractivity contribution in [3.8, 4) is 0 Å². The van der Waals surface area contributed by atoms with Crippen molar-refractivity contribution < 1.29 is 4.39 Å². The van der Waals surface area contributed by atoms with Gasteiger partial charge in [-0.3, -0.25) is 0 Å². The Morgan fingerprint density at radius 3 is 2.33 bits per heavy atom. The monoisotopic (exact) mass is 286 g/mol. The second kappa shape index (κ2) is 6.72. The number of rotatable bonds is 5. The van der Waals surface area contributed by atoms with E-state index in [1.165, 1.54) is 11.6 Å². The minimum atomic E-state index is -0.306. The molecule has 21 heavy (non-hydrogen) atoms. The number of nitrogens with two attached hydrogens (primary N) is 1. The van der Waals surface area contributed by atoms with Crippen LogP contribution in [0.25, 0.3) is 0 Å². The Kier molecular flexibility index (Phi) is 4.97. The molecule has 0 fully saturated rings. The van der Waals surface area contributed by atoms with Crippen LogP contribution in [0, 0.1) is 18.7 Å². The van der Waals surface area contributed by atoms with Crippen LogP contribution in [0.2, 0.25) is 0 Å². The highest BCUT2D eigenvalue weighted by molar-refractivity contribution is 5.46. The van der Waals surface area contributed by atoms with Crippen molar-refractivity contribution in [2.45, 2.75) is 19.9 Å². The standard InChI is InChI=1S/C18H23FN2/c1-13-8-10-15(11-9-13)21(3)12-14(2)18(20)16-6-4-5-7-17(16)19/h4-11,14,18H,12,20H2,1-3H3. The van der Waals surface area contributed by atoms with E-state index in [9.17, 15) is 4.39 Å². The van der Waals surface area contributed by atoms with Crippen molar-refractivity contribution >= 4 is 5.69 Å². The van der Waals surface area contributed by atoms with Crippen molar-refractivity contribution in [2.24, 2.45) is 11.7 Å². The lowest BCUT2D eigenvalue weighted by Crippen LogP contribution is -2.31. The van der Waals surface area contributed by atoms with Gasteiger partial charge in [-0.15, -0.1) is 0 Å². The molecule has 0 heterocycles. The van der Waals surface area contributed by atoms with E-state index < -0.39 is 0 Å². The van der Waals surface area contributed by atoms with Crippen LogP contribution in [0.3, 0.4) is 0 Å². The molecule has 0 bridgehead atoms. The molecular formula is C18H23FN2. The Bertz CT molecular complexity index is 580. The molecule has 112 valence electrons. The van der Waals surface area contributed by atoms with Crippen LogP contribution >= 0.6 is 0 Å². The van der Waals surface area contributed by atoms with Gasteiger partial charge < -0.3 is 10.6 Å². The highest BCUT2D eigenvalue weighted by Crippen LogP contribution is 2.24. The molecule has 0 spiro atoms. The van der Waals surface area contributed by atoms with Crippen molar-refractivity contribution in [3.05, 3.63) is 65.5 Å². The summed E-state index contributed by atoms with van der Waals surface area (Å²) in [7, 11) is 2.04. The van der Waals surface area contributed by atoms with E-state index in [2.05, 4.69) is 43.0 Å². The predicted molar refractivity (Wildman–Crippen MR) is 86.9 cm³/mol. The summed E-state index contributed by atoms with van der Waals surface area (Å²) < 4.78 is 13.8. The molecular weight excluding hydrogens is 263 g/mol. The topological polar surface area (TPSA) is 29.3 Å². The molecule has 0 amide bonds. The van der Waals surface area contributed by atoms with Crippen LogP contribution in [0.5, 0.6) is 0 Å². The molecule has 3 heteroatoms. The first-order valence-corrected chi connectivity index (χ1v) is 7.27. The number of benzene rings is 2. The minimum Gasteiger partial charge on any atom is -0.374 e. The largest absolute Gasteiger partial charge is 0.374 e. The maximum absolute atomic E-state index is 13.8. The van der Waals surface area contributed by atoms with E-state index in [-0.39, 0.29) is 17.8 Å². The molecule has 2 nitrogen and oxygen atoms in total. The van der Waals surface area contributed by atoms with Gasteiger partial charge in [0.05, 0.1) is 0 Å². The number of halogens is 1. The Morgan fingerprint density at radius 2 is 1.71 bits per heavy atom. The van der Waals surface area contributed by atoms with E-state index in [0.29, 0.717) is 5.56 Å². The molecule has 2 N–H and O–H groups in total. The van der Waals surface area contributed by atoms with Gasteiger partial charge >= 0.3 is 0 Å². The fourth-order valence-corrected chi connectivity index (χ4v) is 2.50. The van der Waals surface area contributed by atoms with Crippen molar-refractivity contribution in [1.29, 1.82) is 0 Å².